The van der Waals surface area contributed by atoms with Crippen LogP contribution in [0.1, 0.15) is 12.8 Å². The molecule has 1 rings (SSSR count). The Balaban J connectivity index is 1.98. The third-order valence-electron chi connectivity index (χ3n) is 2.26. The van der Waals surface area contributed by atoms with E-state index in [1.165, 1.54) is 0 Å². The largest absolute Gasteiger partial charge is 0.385 e. The average Bonchev–Trinajstić information content (AvgIpc) is 2.76. The van der Waals surface area contributed by atoms with Crippen LogP contribution in [0.3, 0.4) is 0 Å². The van der Waals surface area contributed by atoms with Crippen LogP contribution in [0.25, 0.3) is 0 Å². The van der Waals surface area contributed by atoms with Crippen LogP contribution in [0, 0.1) is 0 Å². The predicted octanol–water partition coefficient (Wildman–Crippen LogP) is 1.54. The standard InChI is InChI=1S/C11H19BrN4OS/c1-17-7-3-5-14-11(18)13-4-2-6-16-9-10(12)8-15-16/h8-9H,2-7H2,1H3,(H2,13,14,18). The van der Waals surface area contributed by atoms with Crippen molar-refractivity contribution < 1.29 is 4.74 Å². The molecule has 0 aliphatic heterocycles. The van der Waals surface area contributed by atoms with Crippen molar-refractivity contribution in [3.05, 3.63) is 16.9 Å². The lowest BCUT2D eigenvalue weighted by atomic mass is 10.4. The molecule has 0 amide bonds. The Morgan fingerprint density at radius 2 is 2.17 bits per heavy atom. The number of hydrogen-bond acceptors (Lipinski definition) is 3. The summed E-state index contributed by atoms with van der Waals surface area (Å²) in [6, 6.07) is 0. The van der Waals surface area contributed by atoms with Gasteiger partial charge < -0.3 is 15.4 Å². The summed E-state index contributed by atoms with van der Waals surface area (Å²) in [6.07, 6.45) is 5.68. The van der Waals surface area contributed by atoms with Gasteiger partial charge in [-0.1, -0.05) is 0 Å². The fraction of sp³-hybridized carbons (Fsp3) is 0.636. The third-order valence-corrected chi connectivity index (χ3v) is 2.96. The summed E-state index contributed by atoms with van der Waals surface area (Å²) in [7, 11) is 1.70. The Bertz CT molecular complexity index is 359. The molecule has 0 aliphatic rings. The lowest BCUT2D eigenvalue weighted by Crippen LogP contribution is -2.36. The van der Waals surface area contributed by atoms with Crippen LogP contribution in [-0.4, -0.2) is 41.7 Å². The molecule has 0 saturated carbocycles. The number of nitrogens with zero attached hydrogens (tertiary/aromatic N) is 2. The summed E-state index contributed by atoms with van der Waals surface area (Å²) in [6.45, 7) is 3.31. The highest BCUT2D eigenvalue weighted by Gasteiger charge is 1.97. The lowest BCUT2D eigenvalue weighted by Gasteiger charge is -2.10. The molecule has 1 aromatic rings. The number of hydrogen-bond donors (Lipinski definition) is 2. The molecule has 5 nitrogen and oxygen atoms in total. The van der Waals surface area contributed by atoms with Crippen LogP contribution in [0.15, 0.2) is 16.9 Å². The van der Waals surface area contributed by atoms with Gasteiger partial charge in [0, 0.05) is 39.5 Å². The second-order valence-electron chi connectivity index (χ2n) is 3.80. The molecule has 1 aromatic heterocycles. The minimum absolute atomic E-state index is 0.702. The first-order valence-electron chi connectivity index (χ1n) is 5.91. The molecular formula is C11H19BrN4OS. The van der Waals surface area contributed by atoms with Crippen LogP contribution in [0.4, 0.5) is 0 Å². The van der Waals surface area contributed by atoms with Gasteiger partial charge in [-0.3, -0.25) is 4.68 Å². The van der Waals surface area contributed by atoms with Gasteiger partial charge in [0.25, 0.3) is 0 Å². The fourth-order valence-corrected chi connectivity index (χ4v) is 1.92. The van der Waals surface area contributed by atoms with Crippen LogP contribution in [0.5, 0.6) is 0 Å². The van der Waals surface area contributed by atoms with Gasteiger partial charge in [0.1, 0.15) is 0 Å². The van der Waals surface area contributed by atoms with Gasteiger partial charge in [0.2, 0.25) is 0 Å². The first-order chi connectivity index (χ1) is 8.72. The Hall–Kier alpha value is -0.660. The van der Waals surface area contributed by atoms with E-state index in [4.69, 9.17) is 17.0 Å². The van der Waals surface area contributed by atoms with Crippen molar-refractivity contribution in [2.24, 2.45) is 0 Å². The molecule has 0 bridgehead atoms. The van der Waals surface area contributed by atoms with Gasteiger partial charge in [-0.15, -0.1) is 0 Å². The molecule has 0 unspecified atom stereocenters. The van der Waals surface area contributed by atoms with E-state index >= 15 is 0 Å². The molecule has 0 saturated heterocycles. The molecule has 18 heavy (non-hydrogen) atoms. The van der Waals surface area contributed by atoms with Crippen molar-refractivity contribution >= 4 is 33.3 Å². The first-order valence-corrected chi connectivity index (χ1v) is 7.11. The van der Waals surface area contributed by atoms with E-state index in [9.17, 15) is 0 Å². The number of aromatic nitrogens is 2. The minimum atomic E-state index is 0.702. The average molecular weight is 335 g/mol. The van der Waals surface area contributed by atoms with E-state index in [2.05, 4.69) is 31.7 Å². The highest BCUT2D eigenvalue weighted by atomic mass is 79.9. The monoisotopic (exact) mass is 334 g/mol. The number of nitrogens with one attached hydrogen (secondary N) is 2. The van der Waals surface area contributed by atoms with E-state index < -0.39 is 0 Å². The molecular weight excluding hydrogens is 316 g/mol. The molecule has 0 atom stereocenters. The molecule has 0 fully saturated rings. The van der Waals surface area contributed by atoms with Crippen LogP contribution in [-0.2, 0) is 11.3 Å². The van der Waals surface area contributed by atoms with Gasteiger partial charge in [-0.2, -0.15) is 5.10 Å². The highest BCUT2D eigenvalue weighted by Crippen LogP contribution is 2.06. The number of ether oxygens (including phenoxy) is 1. The van der Waals surface area contributed by atoms with Crippen LogP contribution >= 0.6 is 28.1 Å². The van der Waals surface area contributed by atoms with E-state index in [-0.39, 0.29) is 0 Å². The molecule has 1 heterocycles. The SMILES string of the molecule is COCCCNC(=S)NCCCn1cc(Br)cn1. The fourth-order valence-electron chi connectivity index (χ4n) is 1.38. The molecule has 2 N–H and O–H groups in total. The number of aryl methyl sites for hydroxylation is 1. The summed E-state index contributed by atoms with van der Waals surface area (Å²) < 4.78 is 7.86. The highest BCUT2D eigenvalue weighted by molar-refractivity contribution is 9.10. The van der Waals surface area contributed by atoms with Gasteiger partial charge in [-0.25, -0.2) is 0 Å². The maximum Gasteiger partial charge on any atom is 0.166 e. The Labute approximate surface area is 121 Å². The zero-order valence-electron chi connectivity index (χ0n) is 10.5. The van der Waals surface area contributed by atoms with Crippen molar-refractivity contribution in [3.63, 3.8) is 0 Å². The molecule has 0 aliphatic carbocycles. The smallest absolute Gasteiger partial charge is 0.166 e. The van der Waals surface area contributed by atoms with E-state index in [1.54, 1.807) is 13.3 Å². The second-order valence-corrected chi connectivity index (χ2v) is 5.13. The maximum absolute atomic E-state index is 5.14. The molecule has 0 radical (unpaired) electrons. The summed E-state index contributed by atoms with van der Waals surface area (Å²) in [5, 5.41) is 11.2. The Kier molecular flexibility index (Phi) is 7.95. The number of halogens is 1. The van der Waals surface area contributed by atoms with Crippen molar-refractivity contribution in [1.82, 2.24) is 20.4 Å². The number of thiocarbonyl (C=S) groups is 1. The van der Waals surface area contributed by atoms with Gasteiger partial charge in [0.05, 0.1) is 10.7 Å². The van der Waals surface area contributed by atoms with Crippen LogP contribution < -0.4 is 10.6 Å². The van der Waals surface area contributed by atoms with Crippen molar-refractivity contribution in [1.29, 1.82) is 0 Å². The number of rotatable bonds is 8. The molecule has 0 aromatic carbocycles. The first kappa shape index (κ1) is 15.4. The van der Waals surface area contributed by atoms with Crippen molar-refractivity contribution in [2.75, 3.05) is 26.8 Å². The van der Waals surface area contributed by atoms with Crippen molar-refractivity contribution in [3.8, 4) is 0 Å². The number of methoxy groups -OCH3 is 1. The normalized spacial score (nSPS) is 10.3. The summed E-state index contributed by atoms with van der Waals surface area (Å²) in [5.41, 5.74) is 0. The quantitative estimate of drug-likeness (QED) is 0.558. The van der Waals surface area contributed by atoms with Gasteiger partial charge in [-0.05, 0) is 41.0 Å². The van der Waals surface area contributed by atoms with E-state index in [1.807, 2.05) is 10.9 Å². The Morgan fingerprint density at radius 3 is 2.78 bits per heavy atom. The van der Waals surface area contributed by atoms with Gasteiger partial charge in [0.15, 0.2) is 5.11 Å². The summed E-state index contributed by atoms with van der Waals surface area (Å²) in [5.74, 6) is 0. The maximum atomic E-state index is 5.14. The summed E-state index contributed by atoms with van der Waals surface area (Å²) >= 11 is 8.51. The summed E-state index contributed by atoms with van der Waals surface area (Å²) in [4.78, 5) is 0. The topological polar surface area (TPSA) is 51.1 Å². The van der Waals surface area contributed by atoms with Gasteiger partial charge >= 0.3 is 0 Å². The molecule has 102 valence electrons. The second kappa shape index (κ2) is 9.29. The lowest BCUT2D eigenvalue weighted by molar-refractivity contribution is 0.195. The van der Waals surface area contributed by atoms with E-state index in [0.29, 0.717) is 5.11 Å². The minimum Gasteiger partial charge on any atom is -0.385 e. The molecule has 0 spiro atoms. The van der Waals surface area contributed by atoms with Crippen LogP contribution in [0.2, 0.25) is 0 Å². The zero-order chi connectivity index (χ0) is 13.2. The van der Waals surface area contributed by atoms with Crippen molar-refractivity contribution in [2.45, 2.75) is 19.4 Å². The molecule has 7 heteroatoms. The van der Waals surface area contributed by atoms with E-state index in [0.717, 1.165) is 43.6 Å². The zero-order valence-corrected chi connectivity index (χ0v) is 12.9. The third kappa shape index (κ3) is 6.93. The predicted molar refractivity (Wildman–Crippen MR) is 79.6 cm³/mol. The Morgan fingerprint density at radius 1 is 1.44 bits per heavy atom.